The molecular weight excluding hydrogens is 238 g/mol. The van der Waals surface area contributed by atoms with Crippen LogP contribution in [0.25, 0.3) is 0 Å². The van der Waals surface area contributed by atoms with Crippen molar-refractivity contribution in [3.8, 4) is 0 Å². The first kappa shape index (κ1) is 14.2. The number of aliphatic imine (C=N–C) groups is 1. The van der Waals surface area contributed by atoms with Crippen molar-refractivity contribution in [3.05, 3.63) is 0 Å². The molecule has 2 aliphatic carbocycles. The second kappa shape index (κ2) is 6.82. The van der Waals surface area contributed by atoms with Crippen LogP contribution in [0.3, 0.4) is 0 Å². The van der Waals surface area contributed by atoms with Crippen molar-refractivity contribution in [1.82, 2.24) is 0 Å². The van der Waals surface area contributed by atoms with Gasteiger partial charge in [0.1, 0.15) is 0 Å². The van der Waals surface area contributed by atoms with E-state index in [1.54, 1.807) is 0 Å². The summed E-state index contributed by atoms with van der Waals surface area (Å²) in [7, 11) is 0. The molecule has 0 heterocycles. The molecule has 0 aromatic heterocycles. The van der Waals surface area contributed by atoms with Gasteiger partial charge >= 0.3 is 0 Å². The highest BCUT2D eigenvalue weighted by Gasteiger charge is 2.37. The van der Waals surface area contributed by atoms with Crippen LogP contribution in [0.4, 0.5) is 0 Å². The third-order valence-corrected chi connectivity index (χ3v) is 5.54. The molecule has 0 radical (unpaired) electrons. The average Bonchev–Trinajstić information content (AvgIpc) is 2.38. The maximum absolute atomic E-state index is 4.93. The van der Waals surface area contributed by atoms with E-state index in [0.29, 0.717) is 6.04 Å². The Morgan fingerprint density at radius 1 is 0.889 bits per heavy atom. The Balaban J connectivity index is 2.13. The Kier molecular flexibility index (Phi) is 5.38. The lowest BCUT2D eigenvalue weighted by molar-refractivity contribution is 0.125. The highest BCUT2D eigenvalue weighted by atomic mass is 32.1. The maximum atomic E-state index is 4.93. The first-order chi connectivity index (χ1) is 8.74. The van der Waals surface area contributed by atoms with Gasteiger partial charge in [0.25, 0.3) is 0 Å². The van der Waals surface area contributed by atoms with Crippen molar-refractivity contribution in [2.45, 2.75) is 71.3 Å². The molecule has 2 fully saturated rings. The molecule has 2 rings (SSSR count). The minimum atomic E-state index is 0.466. The molecule has 18 heavy (non-hydrogen) atoms. The minimum absolute atomic E-state index is 0.466. The molecule has 4 unspecified atom stereocenters. The van der Waals surface area contributed by atoms with Gasteiger partial charge in [-0.25, -0.2) is 4.99 Å². The molecular formula is C16H27NS. The van der Waals surface area contributed by atoms with Crippen molar-refractivity contribution in [2.24, 2.45) is 28.7 Å². The van der Waals surface area contributed by atoms with Crippen LogP contribution in [-0.4, -0.2) is 11.2 Å². The molecule has 0 N–H and O–H groups in total. The van der Waals surface area contributed by atoms with Gasteiger partial charge in [-0.2, -0.15) is 0 Å². The highest BCUT2D eigenvalue weighted by molar-refractivity contribution is 7.78. The van der Waals surface area contributed by atoms with E-state index in [2.05, 4.69) is 24.0 Å². The second-order valence-electron chi connectivity index (χ2n) is 6.56. The Bertz CT molecular complexity index is 286. The largest absolute Gasteiger partial charge is 0.229 e. The summed E-state index contributed by atoms with van der Waals surface area (Å²) in [4.78, 5) is 4.64. The smallest absolute Gasteiger partial charge is 0.0664 e. The maximum Gasteiger partial charge on any atom is 0.0664 e. The van der Waals surface area contributed by atoms with Crippen LogP contribution in [0.5, 0.6) is 0 Å². The Morgan fingerprint density at radius 3 is 1.72 bits per heavy atom. The molecule has 0 aromatic carbocycles. The van der Waals surface area contributed by atoms with Gasteiger partial charge < -0.3 is 0 Å². The van der Waals surface area contributed by atoms with E-state index in [-0.39, 0.29) is 0 Å². The normalized spacial score (nSPS) is 38.8. The zero-order chi connectivity index (χ0) is 13.0. The van der Waals surface area contributed by atoms with Gasteiger partial charge in [-0.3, -0.25) is 0 Å². The van der Waals surface area contributed by atoms with Gasteiger partial charge in [0, 0.05) is 0 Å². The third-order valence-electron chi connectivity index (χ3n) is 5.43. The highest BCUT2D eigenvalue weighted by Crippen LogP contribution is 2.42. The molecule has 0 amide bonds. The molecule has 1 nitrogen and oxygen atoms in total. The molecule has 0 spiro atoms. The molecule has 2 aliphatic rings. The van der Waals surface area contributed by atoms with Gasteiger partial charge in [-0.15, -0.1) is 0 Å². The summed E-state index contributed by atoms with van der Waals surface area (Å²) < 4.78 is 0. The molecule has 0 saturated heterocycles. The SMILES string of the molecule is CC1CCCCC1C(N=C=S)C1CCCCC1C. The van der Waals surface area contributed by atoms with E-state index in [1.807, 2.05) is 0 Å². The molecule has 2 heteroatoms. The third kappa shape index (κ3) is 3.22. The fourth-order valence-electron chi connectivity index (χ4n) is 4.27. The van der Waals surface area contributed by atoms with Crippen LogP contribution in [0.2, 0.25) is 0 Å². The average molecular weight is 265 g/mol. The molecule has 2 saturated carbocycles. The summed E-state index contributed by atoms with van der Waals surface area (Å²) in [6, 6.07) is 0.466. The Hall–Kier alpha value is -0.200. The van der Waals surface area contributed by atoms with E-state index in [9.17, 15) is 0 Å². The second-order valence-corrected chi connectivity index (χ2v) is 6.74. The van der Waals surface area contributed by atoms with E-state index < -0.39 is 0 Å². The predicted octanol–water partition coefficient (Wildman–Crippen LogP) is 5.11. The standard InChI is InChI=1S/C16H27NS/c1-12-7-3-5-9-14(12)16(17-11-18)15-10-6-4-8-13(15)2/h12-16H,3-10H2,1-2H3. The molecule has 0 aromatic rings. The zero-order valence-corrected chi connectivity index (χ0v) is 12.7. The monoisotopic (exact) mass is 265 g/mol. The van der Waals surface area contributed by atoms with Gasteiger partial charge in [0.2, 0.25) is 0 Å². The lowest BCUT2D eigenvalue weighted by atomic mass is 9.67. The predicted molar refractivity (Wildman–Crippen MR) is 81.1 cm³/mol. The van der Waals surface area contributed by atoms with Gasteiger partial charge in [-0.1, -0.05) is 52.4 Å². The quantitative estimate of drug-likeness (QED) is 0.510. The van der Waals surface area contributed by atoms with Crippen molar-refractivity contribution in [2.75, 3.05) is 0 Å². The lowest BCUT2D eigenvalue weighted by Gasteiger charge is -2.40. The number of rotatable bonds is 3. The topological polar surface area (TPSA) is 12.4 Å². The molecule has 0 aliphatic heterocycles. The van der Waals surface area contributed by atoms with E-state index in [1.165, 1.54) is 51.4 Å². The van der Waals surface area contributed by atoms with Crippen molar-refractivity contribution in [3.63, 3.8) is 0 Å². The zero-order valence-electron chi connectivity index (χ0n) is 11.9. The number of hydrogen-bond acceptors (Lipinski definition) is 2. The lowest BCUT2D eigenvalue weighted by Crippen LogP contribution is -2.38. The number of hydrogen-bond donors (Lipinski definition) is 0. The summed E-state index contributed by atoms with van der Waals surface area (Å²) in [5.74, 6) is 3.18. The van der Waals surface area contributed by atoms with Crippen LogP contribution in [0, 0.1) is 23.7 Å². The molecule has 102 valence electrons. The van der Waals surface area contributed by atoms with Crippen LogP contribution in [0.1, 0.15) is 65.2 Å². The number of isothiocyanates is 1. The van der Waals surface area contributed by atoms with Crippen molar-refractivity contribution >= 4 is 17.4 Å². The first-order valence-electron chi connectivity index (χ1n) is 7.81. The van der Waals surface area contributed by atoms with Crippen LogP contribution >= 0.6 is 12.2 Å². The Labute approximate surface area is 117 Å². The van der Waals surface area contributed by atoms with Crippen LogP contribution in [0.15, 0.2) is 4.99 Å². The minimum Gasteiger partial charge on any atom is -0.229 e. The number of nitrogens with zero attached hydrogens (tertiary/aromatic N) is 1. The summed E-state index contributed by atoms with van der Waals surface area (Å²) in [5.41, 5.74) is 0. The fraction of sp³-hybridized carbons (Fsp3) is 0.938. The van der Waals surface area contributed by atoms with Crippen LogP contribution < -0.4 is 0 Å². The van der Waals surface area contributed by atoms with E-state index in [0.717, 1.165) is 23.7 Å². The molecule has 4 atom stereocenters. The van der Waals surface area contributed by atoms with Gasteiger partial charge in [0.05, 0.1) is 11.2 Å². The van der Waals surface area contributed by atoms with E-state index >= 15 is 0 Å². The van der Waals surface area contributed by atoms with Gasteiger partial charge in [0.15, 0.2) is 0 Å². The van der Waals surface area contributed by atoms with Crippen molar-refractivity contribution in [1.29, 1.82) is 0 Å². The summed E-state index contributed by atoms with van der Waals surface area (Å²) in [6.07, 6.45) is 11.1. The first-order valence-corrected chi connectivity index (χ1v) is 8.22. The fourth-order valence-corrected chi connectivity index (χ4v) is 4.40. The van der Waals surface area contributed by atoms with Crippen LogP contribution in [-0.2, 0) is 0 Å². The number of thiocarbonyl (C=S) groups is 1. The summed E-state index contributed by atoms with van der Waals surface area (Å²) in [5, 5.41) is 2.71. The van der Waals surface area contributed by atoms with E-state index in [4.69, 9.17) is 12.2 Å². The molecule has 0 bridgehead atoms. The Morgan fingerprint density at radius 2 is 1.33 bits per heavy atom. The van der Waals surface area contributed by atoms with Gasteiger partial charge in [-0.05, 0) is 48.7 Å². The van der Waals surface area contributed by atoms with Crippen molar-refractivity contribution < 1.29 is 0 Å². The summed E-state index contributed by atoms with van der Waals surface area (Å²) >= 11 is 4.93. The summed E-state index contributed by atoms with van der Waals surface area (Å²) in [6.45, 7) is 4.84.